The highest BCUT2D eigenvalue weighted by Gasteiger charge is 2.16. The summed E-state index contributed by atoms with van der Waals surface area (Å²) in [5.41, 5.74) is 14.0. The Balaban J connectivity index is 1.35. The van der Waals surface area contributed by atoms with E-state index in [9.17, 15) is 0 Å². The third-order valence-electron chi connectivity index (χ3n) is 8.77. The molecule has 0 aliphatic carbocycles. The number of rotatable bonds is 5. The SMILES string of the molecule is Cc1ccc(-c2cc(-c3ccc(-c4ccccc4)cc3)c3cc(-c4ccc(-c5ccccc5)cc4)c4ccccc4c3n2)cc1. The Morgan fingerprint density at radius 3 is 1.31 bits per heavy atom. The molecule has 0 saturated heterocycles. The lowest BCUT2D eigenvalue weighted by molar-refractivity contribution is 1.39. The number of aromatic nitrogens is 1. The first-order chi connectivity index (χ1) is 22.2. The minimum atomic E-state index is 0.981. The Kier molecular flexibility index (Phi) is 6.77. The average molecular weight is 574 g/mol. The summed E-state index contributed by atoms with van der Waals surface area (Å²) in [6, 6.07) is 61.0. The zero-order chi connectivity index (χ0) is 30.2. The van der Waals surface area contributed by atoms with Crippen LogP contribution in [0, 0.1) is 6.92 Å². The summed E-state index contributed by atoms with van der Waals surface area (Å²) in [6.07, 6.45) is 0. The molecule has 0 radical (unpaired) electrons. The third-order valence-corrected chi connectivity index (χ3v) is 8.77. The molecule has 8 aromatic rings. The Morgan fingerprint density at radius 1 is 0.333 bits per heavy atom. The van der Waals surface area contributed by atoms with Crippen LogP contribution in [0.2, 0.25) is 0 Å². The fourth-order valence-electron chi connectivity index (χ4n) is 6.35. The van der Waals surface area contributed by atoms with Crippen molar-refractivity contribution in [1.29, 1.82) is 0 Å². The van der Waals surface area contributed by atoms with Crippen molar-refractivity contribution < 1.29 is 0 Å². The molecule has 0 aliphatic heterocycles. The number of hydrogen-bond donors (Lipinski definition) is 0. The van der Waals surface area contributed by atoms with Gasteiger partial charge in [-0.15, -0.1) is 0 Å². The highest BCUT2D eigenvalue weighted by Crippen LogP contribution is 2.41. The van der Waals surface area contributed by atoms with Gasteiger partial charge in [0, 0.05) is 16.3 Å². The third kappa shape index (κ3) is 5.09. The van der Waals surface area contributed by atoms with Gasteiger partial charge in [0.2, 0.25) is 0 Å². The summed E-state index contributed by atoms with van der Waals surface area (Å²) in [6.45, 7) is 2.12. The van der Waals surface area contributed by atoms with E-state index in [4.69, 9.17) is 4.98 Å². The summed E-state index contributed by atoms with van der Waals surface area (Å²) in [4.78, 5) is 5.34. The van der Waals surface area contributed by atoms with E-state index in [2.05, 4.69) is 177 Å². The number of hydrogen-bond acceptors (Lipinski definition) is 1. The van der Waals surface area contributed by atoms with E-state index < -0.39 is 0 Å². The van der Waals surface area contributed by atoms with Crippen LogP contribution in [0.1, 0.15) is 5.56 Å². The first-order valence-electron chi connectivity index (χ1n) is 15.5. The van der Waals surface area contributed by atoms with Gasteiger partial charge in [-0.3, -0.25) is 0 Å². The first kappa shape index (κ1) is 26.8. The van der Waals surface area contributed by atoms with E-state index in [1.807, 2.05) is 0 Å². The lowest BCUT2D eigenvalue weighted by Crippen LogP contribution is -1.93. The minimum absolute atomic E-state index is 0.981. The van der Waals surface area contributed by atoms with Crippen LogP contribution in [0.4, 0.5) is 0 Å². The number of nitrogens with zero attached hydrogens (tertiary/aromatic N) is 1. The molecule has 0 atom stereocenters. The van der Waals surface area contributed by atoms with Gasteiger partial charge in [0.1, 0.15) is 0 Å². The highest BCUT2D eigenvalue weighted by molar-refractivity contribution is 6.16. The monoisotopic (exact) mass is 573 g/mol. The summed E-state index contributed by atoms with van der Waals surface area (Å²) in [7, 11) is 0. The molecule has 45 heavy (non-hydrogen) atoms. The maximum absolute atomic E-state index is 5.34. The van der Waals surface area contributed by atoms with Crippen molar-refractivity contribution in [3.05, 3.63) is 175 Å². The van der Waals surface area contributed by atoms with Crippen molar-refractivity contribution in [3.8, 4) is 55.8 Å². The smallest absolute Gasteiger partial charge is 0.0794 e. The van der Waals surface area contributed by atoms with E-state index >= 15 is 0 Å². The molecule has 0 unspecified atom stereocenters. The Labute approximate surface area is 264 Å². The van der Waals surface area contributed by atoms with Gasteiger partial charge in [0.25, 0.3) is 0 Å². The van der Waals surface area contributed by atoms with E-state index in [0.29, 0.717) is 0 Å². The normalized spacial score (nSPS) is 11.2. The van der Waals surface area contributed by atoms with Crippen LogP contribution >= 0.6 is 0 Å². The molecule has 0 fully saturated rings. The Bertz CT molecular complexity index is 2270. The van der Waals surface area contributed by atoms with Gasteiger partial charge in [-0.2, -0.15) is 0 Å². The van der Waals surface area contributed by atoms with Crippen LogP contribution in [-0.4, -0.2) is 4.98 Å². The Hall–Kier alpha value is -5.79. The average Bonchev–Trinajstić information content (AvgIpc) is 3.12. The predicted molar refractivity (Wildman–Crippen MR) is 191 cm³/mol. The van der Waals surface area contributed by atoms with Crippen LogP contribution in [0.3, 0.4) is 0 Å². The predicted octanol–water partition coefficient (Wildman–Crippen LogP) is 12.0. The van der Waals surface area contributed by atoms with Gasteiger partial charge >= 0.3 is 0 Å². The van der Waals surface area contributed by atoms with Gasteiger partial charge in [0.05, 0.1) is 11.2 Å². The summed E-state index contributed by atoms with van der Waals surface area (Å²) in [5.74, 6) is 0. The maximum Gasteiger partial charge on any atom is 0.0794 e. The van der Waals surface area contributed by atoms with Crippen molar-refractivity contribution >= 4 is 21.7 Å². The molecule has 1 nitrogen and oxygen atoms in total. The number of aryl methyl sites for hydroxylation is 1. The molecule has 1 heterocycles. The zero-order valence-corrected chi connectivity index (χ0v) is 25.1. The fourth-order valence-corrected chi connectivity index (χ4v) is 6.35. The fraction of sp³-hybridized carbons (Fsp3) is 0.0227. The van der Waals surface area contributed by atoms with Gasteiger partial charge in [0.15, 0.2) is 0 Å². The van der Waals surface area contributed by atoms with E-state index in [-0.39, 0.29) is 0 Å². The second kappa shape index (κ2) is 11.4. The molecule has 0 amide bonds. The second-order valence-corrected chi connectivity index (χ2v) is 11.7. The van der Waals surface area contributed by atoms with Gasteiger partial charge in [-0.05, 0) is 69.0 Å². The molecule has 8 rings (SSSR count). The number of benzene rings is 7. The molecule has 0 aliphatic rings. The molecule has 1 aromatic heterocycles. The summed E-state index contributed by atoms with van der Waals surface area (Å²) >= 11 is 0. The van der Waals surface area contributed by atoms with Crippen LogP contribution in [-0.2, 0) is 0 Å². The first-order valence-corrected chi connectivity index (χ1v) is 15.5. The van der Waals surface area contributed by atoms with Crippen LogP contribution < -0.4 is 0 Å². The molecule has 1 heteroatoms. The second-order valence-electron chi connectivity index (χ2n) is 11.7. The van der Waals surface area contributed by atoms with E-state index in [1.165, 1.54) is 55.5 Å². The van der Waals surface area contributed by atoms with Crippen molar-refractivity contribution in [2.24, 2.45) is 0 Å². The van der Waals surface area contributed by atoms with E-state index in [0.717, 1.165) is 27.5 Å². The zero-order valence-electron chi connectivity index (χ0n) is 25.1. The summed E-state index contributed by atoms with van der Waals surface area (Å²) in [5, 5.41) is 3.52. The lowest BCUT2D eigenvalue weighted by atomic mass is 9.90. The minimum Gasteiger partial charge on any atom is -0.247 e. The van der Waals surface area contributed by atoms with Crippen molar-refractivity contribution in [1.82, 2.24) is 4.98 Å². The number of pyridine rings is 1. The molecule has 0 N–H and O–H groups in total. The van der Waals surface area contributed by atoms with Crippen molar-refractivity contribution in [2.75, 3.05) is 0 Å². The summed E-state index contributed by atoms with van der Waals surface area (Å²) < 4.78 is 0. The highest BCUT2D eigenvalue weighted by atomic mass is 14.7. The molecular formula is C44H31N. The molecule has 0 saturated carbocycles. The van der Waals surface area contributed by atoms with Gasteiger partial charge in [-0.1, -0.05) is 163 Å². The lowest BCUT2D eigenvalue weighted by Gasteiger charge is -2.16. The van der Waals surface area contributed by atoms with Crippen molar-refractivity contribution in [3.63, 3.8) is 0 Å². The maximum atomic E-state index is 5.34. The topological polar surface area (TPSA) is 12.9 Å². The largest absolute Gasteiger partial charge is 0.247 e. The van der Waals surface area contributed by atoms with Crippen molar-refractivity contribution in [2.45, 2.75) is 6.92 Å². The molecule has 0 spiro atoms. The quantitative estimate of drug-likeness (QED) is 0.187. The van der Waals surface area contributed by atoms with Crippen LogP contribution in [0.25, 0.3) is 77.4 Å². The van der Waals surface area contributed by atoms with Gasteiger partial charge < -0.3 is 0 Å². The standard InChI is InChI=1S/C44H31N/c1-30-16-18-37(19-17-30)43-29-41(36-26-22-34(23-27-36)32-12-6-3-7-13-32)42-28-40(38-14-8-9-15-39(38)44(42)45-43)35-24-20-33(21-25-35)31-10-4-2-5-11-31/h2-29H,1H3. The Morgan fingerprint density at radius 2 is 0.756 bits per heavy atom. The van der Waals surface area contributed by atoms with Crippen LogP contribution in [0.5, 0.6) is 0 Å². The molecule has 212 valence electrons. The molecule has 0 bridgehead atoms. The van der Waals surface area contributed by atoms with E-state index in [1.54, 1.807) is 0 Å². The van der Waals surface area contributed by atoms with Gasteiger partial charge in [-0.25, -0.2) is 4.98 Å². The molecular weight excluding hydrogens is 542 g/mol. The number of fused-ring (bicyclic) bond motifs is 3. The molecule has 7 aromatic carbocycles. The van der Waals surface area contributed by atoms with Crippen LogP contribution in [0.15, 0.2) is 170 Å².